The summed E-state index contributed by atoms with van der Waals surface area (Å²) in [6, 6.07) is 6.35. The Morgan fingerprint density at radius 1 is 1.18 bits per heavy atom. The first kappa shape index (κ1) is 11.0. The molecule has 1 aromatic rings. The zero-order chi connectivity index (χ0) is 7.56. The Morgan fingerprint density at radius 2 is 1.73 bits per heavy atom. The largest absolute Gasteiger partial charge is 1.00 e. The van der Waals surface area contributed by atoms with Crippen LogP contribution < -0.4 is 35.0 Å². The molecule has 0 aliphatic heterocycles. The molecule has 0 spiro atoms. The van der Waals surface area contributed by atoms with E-state index in [4.69, 9.17) is 15.8 Å². The molecule has 0 aliphatic rings. The van der Waals surface area contributed by atoms with Crippen LogP contribution in [0.25, 0.3) is 5.73 Å². The summed E-state index contributed by atoms with van der Waals surface area (Å²) in [6.07, 6.45) is 0. The minimum Gasteiger partial charge on any atom is -0.699 e. The molecule has 0 saturated heterocycles. The Kier molecular flexibility index (Phi) is 4.80. The number of hydrogen-bond acceptors (Lipinski definition) is 2. The summed E-state index contributed by atoms with van der Waals surface area (Å²) >= 11 is 0. The van der Waals surface area contributed by atoms with Gasteiger partial charge in [0.15, 0.2) is 0 Å². The van der Waals surface area contributed by atoms with Crippen LogP contribution in [-0.2, 0) is 0 Å². The van der Waals surface area contributed by atoms with Crippen molar-refractivity contribution in [2.75, 3.05) is 0 Å². The van der Waals surface area contributed by atoms with E-state index in [1.807, 2.05) is 0 Å². The Morgan fingerprint density at radius 3 is 2.09 bits per heavy atom. The van der Waals surface area contributed by atoms with E-state index in [1.54, 1.807) is 12.1 Å². The van der Waals surface area contributed by atoms with E-state index in [-0.39, 0.29) is 40.7 Å². The van der Waals surface area contributed by atoms with E-state index in [0.717, 1.165) is 0 Å². The predicted molar refractivity (Wildman–Crippen MR) is 40.2 cm³/mol. The van der Waals surface area contributed by atoms with E-state index < -0.39 is 7.12 Å². The molecule has 0 amide bonds. The molecule has 0 aromatic heterocycles. The summed E-state index contributed by atoms with van der Waals surface area (Å²) in [4.78, 5) is 0. The van der Waals surface area contributed by atoms with Crippen molar-refractivity contribution < 1.29 is 39.6 Å². The van der Waals surface area contributed by atoms with Crippen LogP contribution in [0.4, 0.5) is 5.69 Å². The van der Waals surface area contributed by atoms with Crippen LogP contribution in [0.3, 0.4) is 0 Å². The molecular weight excluding hydrogens is 152 g/mol. The molecule has 5 heteroatoms. The molecule has 0 saturated carbocycles. The summed E-state index contributed by atoms with van der Waals surface area (Å²) < 4.78 is 0. The van der Waals surface area contributed by atoms with Gasteiger partial charge in [0.05, 0.1) is 0 Å². The van der Waals surface area contributed by atoms with Crippen LogP contribution in [0, 0.1) is 0 Å². The molecule has 1 aromatic carbocycles. The van der Waals surface area contributed by atoms with E-state index >= 15 is 0 Å². The molecule has 0 unspecified atom stereocenters. The van der Waals surface area contributed by atoms with Crippen molar-refractivity contribution in [1.29, 1.82) is 0 Å². The molecular formula is C6H7BNNaO2. The van der Waals surface area contributed by atoms with E-state index in [0.29, 0.717) is 0 Å². The zero-order valence-corrected chi connectivity index (χ0v) is 8.28. The SMILES string of the molecule is [NH-]c1ccccc1B(O)O.[Na+]. The van der Waals surface area contributed by atoms with Crippen LogP contribution in [0.1, 0.15) is 0 Å². The molecule has 52 valence electrons. The second kappa shape index (κ2) is 4.80. The van der Waals surface area contributed by atoms with Crippen molar-refractivity contribution in [1.82, 2.24) is 0 Å². The van der Waals surface area contributed by atoms with Gasteiger partial charge in [-0.25, -0.2) is 0 Å². The maximum absolute atomic E-state index is 8.64. The number of nitrogens with one attached hydrogen (secondary N) is 1. The van der Waals surface area contributed by atoms with Crippen molar-refractivity contribution in [2.24, 2.45) is 0 Å². The summed E-state index contributed by atoms with van der Waals surface area (Å²) in [5, 5.41) is 17.3. The van der Waals surface area contributed by atoms with Crippen LogP contribution in [-0.4, -0.2) is 17.2 Å². The molecule has 3 nitrogen and oxygen atoms in total. The number of benzene rings is 1. The van der Waals surface area contributed by atoms with Crippen LogP contribution in [0.15, 0.2) is 24.3 Å². The molecule has 3 N–H and O–H groups in total. The van der Waals surface area contributed by atoms with Gasteiger partial charge in [-0.2, -0.15) is 0 Å². The zero-order valence-electron chi connectivity index (χ0n) is 6.28. The molecule has 1 rings (SSSR count). The maximum atomic E-state index is 8.64. The second-order valence-electron chi connectivity index (χ2n) is 1.96. The number of hydrogen-bond donors (Lipinski definition) is 2. The fourth-order valence-electron chi connectivity index (χ4n) is 0.722. The van der Waals surface area contributed by atoms with Gasteiger partial charge in [-0.1, -0.05) is 24.3 Å². The van der Waals surface area contributed by atoms with Crippen molar-refractivity contribution in [3.63, 3.8) is 0 Å². The van der Waals surface area contributed by atoms with Crippen molar-refractivity contribution in [3.8, 4) is 0 Å². The fourth-order valence-corrected chi connectivity index (χ4v) is 0.722. The van der Waals surface area contributed by atoms with Crippen LogP contribution in [0.2, 0.25) is 0 Å². The first-order valence-electron chi connectivity index (χ1n) is 2.88. The Hall–Kier alpha value is 0.00494. The third kappa shape index (κ3) is 2.85. The molecule has 0 fully saturated rings. The van der Waals surface area contributed by atoms with Gasteiger partial charge in [0.1, 0.15) is 0 Å². The Balaban J connectivity index is 0.000001000. The van der Waals surface area contributed by atoms with Gasteiger partial charge in [0, 0.05) is 0 Å². The third-order valence-corrected chi connectivity index (χ3v) is 1.24. The maximum Gasteiger partial charge on any atom is 1.00 e. The van der Waals surface area contributed by atoms with Gasteiger partial charge in [-0.3, -0.25) is 0 Å². The molecule has 0 bridgehead atoms. The summed E-state index contributed by atoms with van der Waals surface area (Å²) in [7, 11) is -1.53. The Bertz CT molecular complexity index is 232. The van der Waals surface area contributed by atoms with E-state index in [9.17, 15) is 0 Å². The van der Waals surface area contributed by atoms with Crippen LogP contribution >= 0.6 is 0 Å². The first-order valence-corrected chi connectivity index (χ1v) is 2.88. The average Bonchev–Trinajstić information content (AvgIpc) is 1.88. The number of rotatable bonds is 1. The molecule has 11 heavy (non-hydrogen) atoms. The van der Waals surface area contributed by atoms with Crippen LogP contribution in [0.5, 0.6) is 0 Å². The van der Waals surface area contributed by atoms with Gasteiger partial charge >= 0.3 is 36.7 Å². The minimum atomic E-state index is -1.53. The van der Waals surface area contributed by atoms with Gasteiger partial charge < -0.3 is 15.8 Å². The monoisotopic (exact) mass is 159 g/mol. The minimum absolute atomic E-state index is 0. The summed E-state index contributed by atoms with van der Waals surface area (Å²) in [6.45, 7) is 0. The van der Waals surface area contributed by atoms with E-state index in [1.165, 1.54) is 12.1 Å². The topological polar surface area (TPSA) is 64.3 Å². The smallest absolute Gasteiger partial charge is 0.699 e. The second-order valence-corrected chi connectivity index (χ2v) is 1.96. The van der Waals surface area contributed by atoms with Gasteiger partial charge in [0.2, 0.25) is 0 Å². The quantitative estimate of drug-likeness (QED) is 0.430. The van der Waals surface area contributed by atoms with Gasteiger partial charge in [-0.05, 0) is 5.46 Å². The molecule has 0 heterocycles. The normalized spacial score (nSPS) is 8.55. The summed E-state index contributed by atoms with van der Waals surface area (Å²) in [5.74, 6) is 0. The van der Waals surface area contributed by atoms with Crippen molar-refractivity contribution in [3.05, 3.63) is 30.0 Å². The van der Waals surface area contributed by atoms with Gasteiger partial charge in [0.25, 0.3) is 0 Å². The van der Waals surface area contributed by atoms with E-state index in [2.05, 4.69) is 0 Å². The van der Waals surface area contributed by atoms with Crippen molar-refractivity contribution in [2.45, 2.75) is 0 Å². The van der Waals surface area contributed by atoms with Gasteiger partial charge in [-0.15, -0.1) is 5.69 Å². The molecule has 0 aliphatic carbocycles. The fraction of sp³-hybridized carbons (Fsp3) is 0. The standard InChI is InChI=1S/C6H7BNO2.Na/c8-6-4-2-1-3-5(6)7(9)10;/h1-4,8-10H;/q-1;+1. The Labute approximate surface area is 87.7 Å². The summed E-state index contributed by atoms with van der Waals surface area (Å²) in [5.41, 5.74) is 7.57. The third-order valence-electron chi connectivity index (χ3n) is 1.24. The first-order chi connectivity index (χ1) is 4.72. The molecule has 0 atom stereocenters. The molecule has 0 radical (unpaired) electrons. The predicted octanol–water partition coefficient (Wildman–Crippen LogP) is -2.95. The van der Waals surface area contributed by atoms with Crippen molar-refractivity contribution >= 4 is 18.3 Å². The average molecular weight is 159 g/mol.